The minimum Gasteiger partial charge on any atom is -0.146 e. The first kappa shape index (κ1) is 12.6. The van der Waals surface area contributed by atoms with Crippen LogP contribution in [0.4, 0.5) is 0 Å². The molecule has 0 aliphatic carbocycles. The van der Waals surface area contributed by atoms with E-state index >= 15 is 0 Å². The van der Waals surface area contributed by atoms with Crippen molar-refractivity contribution in [3.8, 4) is 0 Å². The predicted octanol–water partition coefficient (Wildman–Crippen LogP) is 5.91. The highest BCUT2D eigenvalue weighted by atomic mass is 79.9. The van der Waals surface area contributed by atoms with Gasteiger partial charge in [0.15, 0.2) is 0 Å². The lowest BCUT2D eigenvalue weighted by Crippen LogP contribution is -1.95. The number of hydrogen-bond donors (Lipinski definition) is 0. The van der Waals surface area contributed by atoms with Crippen molar-refractivity contribution >= 4 is 54.8 Å². The van der Waals surface area contributed by atoms with E-state index in [1.165, 1.54) is 5.56 Å². The zero-order chi connectivity index (χ0) is 11.7. The lowest BCUT2D eigenvalue weighted by molar-refractivity contribution is 1.13. The molecule has 0 aliphatic rings. The molecule has 0 amide bonds. The normalized spacial score (nSPS) is 12.8. The van der Waals surface area contributed by atoms with E-state index < -0.39 is 0 Å². The second-order valence-corrected chi connectivity index (χ2v) is 6.54. The van der Waals surface area contributed by atoms with Crippen LogP contribution in [0.3, 0.4) is 0 Å². The van der Waals surface area contributed by atoms with Crippen LogP contribution in [0.5, 0.6) is 0 Å². The molecule has 1 aromatic carbocycles. The number of rotatable bonds is 2. The van der Waals surface area contributed by atoms with Gasteiger partial charge in [0.1, 0.15) is 0 Å². The Balaban J connectivity index is 2.46. The summed E-state index contributed by atoms with van der Waals surface area (Å²) >= 11 is 15.2. The third-order valence-corrected chi connectivity index (χ3v) is 5.84. The van der Waals surface area contributed by atoms with Gasteiger partial charge in [-0.1, -0.05) is 28.1 Å². The van der Waals surface area contributed by atoms with Gasteiger partial charge < -0.3 is 0 Å². The third kappa shape index (κ3) is 2.37. The summed E-state index contributed by atoms with van der Waals surface area (Å²) in [6, 6.07) is 8.15. The van der Waals surface area contributed by atoms with Gasteiger partial charge in [-0.3, -0.25) is 0 Å². The van der Waals surface area contributed by atoms with E-state index in [9.17, 15) is 0 Å². The highest BCUT2D eigenvalue weighted by molar-refractivity contribution is 9.10. The molecule has 0 spiro atoms. The van der Waals surface area contributed by atoms with Crippen LogP contribution in [0.25, 0.3) is 0 Å². The molecule has 2 aromatic rings. The molecular weight excluding hydrogens is 371 g/mol. The highest BCUT2D eigenvalue weighted by Gasteiger charge is 2.17. The van der Waals surface area contributed by atoms with Crippen molar-refractivity contribution in [3.05, 3.63) is 54.6 Å². The summed E-state index contributed by atoms with van der Waals surface area (Å²) in [5.41, 5.74) is 2.35. The first-order chi connectivity index (χ1) is 7.61. The van der Waals surface area contributed by atoms with Gasteiger partial charge >= 0.3 is 0 Å². The van der Waals surface area contributed by atoms with Crippen molar-refractivity contribution in [2.45, 2.75) is 12.3 Å². The van der Waals surface area contributed by atoms with Gasteiger partial charge in [0.25, 0.3) is 0 Å². The van der Waals surface area contributed by atoms with Crippen LogP contribution < -0.4 is 0 Å². The highest BCUT2D eigenvalue weighted by Crippen LogP contribution is 2.39. The fourth-order valence-corrected chi connectivity index (χ4v) is 4.14. The predicted molar refractivity (Wildman–Crippen MR) is 78.6 cm³/mol. The molecule has 4 heteroatoms. The molecule has 0 aliphatic heterocycles. The Labute approximate surface area is 121 Å². The summed E-state index contributed by atoms with van der Waals surface area (Å²) in [5.74, 6) is 0. The zero-order valence-corrected chi connectivity index (χ0v) is 13.3. The maximum atomic E-state index is 6.52. The van der Waals surface area contributed by atoms with E-state index in [1.54, 1.807) is 11.3 Å². The number of benzene rings is 1. The third-order valence-electron chi connectivity index (χ3n) is 2.46. The SMILES string of the molecule is Cc1c(Br)cccc1C(Cl)c1sccc1Br. The number of alkyl halides is 1. The van der Waals surface area contributed by atoms with Crippen molar-refractivity contribution in [1.29, 1.82) is 0 Å². The average molecular weight is 381 g/mol. The van der Waals surface area contributed by atoms with Crippen LogP contribution in [-0.4, -0.2) is 0 Å². The minimum atomic E-state index is -0.0909. The van der Waals surface area contributed by atoms with Crippen LogP contribution in [0.15, 0.2) is 38.6 Å². The summed E-state index contributed by atoms with van der Waals surface area (Å²) in [6.45, 7) is 2.08. The molecule has 0 radical (unpaired) electrons. The van der Waals surface area contributed by atoms with Gasteiger partial charge in [0.05, 0.1) is 5.38 Å². The fourth-order valence-electron chi connectivity index (χ4n) is 1.53. The Morgan fingerprint density at radius 3 is 2.56 bits per heavy atom. The second-order valence-electron chi connectivity index (χ2n) is 3.45. The quantitative estimate of drug-likeness (QED) is 0.568. The van der Waals surface area contributed by atoms with Gasteiger partial charge in [-0.25, -0.2) is 0 Å². The molecule has 1 atom stereocenters. The zero-order valence-electron chi connectivity index (χ0n) is 8.51. The monoisotopic (exact) mass is 378 g/mol. The van der Waals surface area contributed by atoms with Crippen LogP contribution in [0, 0.1) is 6.92 Å². The van der Waals surface area contributed by atoms with E-state index in [4.69, 9.17) is 11.6 Å². The lowest BCUT2D eigenvalue weighted by Gasteiger charge is -2.13. The molecule has 0 nitrogen and oxygen atoms in total. The van der Waals surface area contributed by atoms with Crippen molar-refractivity contribution in [2.75, 3.05) is 0 Å². The Bertz CT molecular complexity index is 507. The van der Waals surface area contributed by atoms with Gasteiger partial charge in [0, 0.05) is 13.8 Å². The summed E-state index contributed by atoms with van der Waals surface area (Å²) in [7, 11) is 0. The Morgan fingerprint density at radius 2 is 1.94 bits per heavy atom. The summed E-state index contributed by atoms with van der Waals surface area (Å²) < 4.78 is 2.18. The molecule has 1 heterocycles. The van der Waals surface area contributed by atoms with Crippen LogP contribution >= 0.6 is 54.8 Å². The number of thiophene rings is 1. The minimum absolute atomic E-state index is 0.0909. The molecule has 0 N–H and O–H groups in total. The molecule has 0 fully saturated rings. The lowest BCUT2D eigenvalue weighted by atomic mass is 10.0. The van der Waals surface area contributed by atoms with Gasteiger partial charge in [-0.15, -0.1) is 22.9 Å². The first-order valence-corrected chi connectivity index (χ1v) is 7.63. The molecule has 1 aromatic heterocycles. The fraction of sp³-hybridized carbons (Fsp3) is 0.167. The number of hydrogen-bond acceptors (Lipinski definition) is 1. The molecule has 1 unspecified atom stereocenters. The van der Waals surface area contributed by atoms with Gasteiger partial charge in [-0.2, -0.15) is 0 Å². The van der Waals surface area contributed by atoms with Crippen LogP contribution in [0.2, 0.25) is 0 Å². The summed E-state index contributed by atoms with van der Waals surface area (Å²) in [5, 5.41) is 1.95. The molecule has 0 saturated carbocycles. The van der Waals surface area contributed by atoms with Crippen molar-refractivity contribution in [2.24, 2.45) is 0 Å². The van der Waals surface area contributed by atoms with Crippen LogP contribution in [-0.2, 0) is 0 Å². The molecule has 0 bridgehead atoms. The summed E-state index contributed by atoms with van der Waals surface area (Å²) in [6.07, 6.45) is 0. The van der Waals surface area contributed by atoms with E-state index in [1.807, 2.05) is 23.6 Å². The molecular formula is C12H9Br2ClS. The van der Waals surface area contributed by atoms with Gasteiger partial charge in [-0.05, 0) is 51.5 Å². The molecule has 2 rings (SSSR count). The van der Waals surface area contributed by atoms with Crippen LogP contribution in [0.1, 0.15) is 21.4 Å². The maximum Gasteiger partial charge on any atom is 0.0942 e. The molecule has 16 heavy (non-hydrogen) atoms. The first-order valence-electron chi connectivity index (χ1n) is 4.73. The van der Waals surface area contributed by atoms with E-state index in [2.05, 4.69) is 44.8 Å². The standard InChI is InChI=1S/C12H9Br2ClS/c1-7-8(3-2-4-9(7)13)11(15)12-10(14)5-6-16-12/h2-6,11H,1H3. The van der Waals surface area contributed by atoms with E-state index in [0.717, 1.165) is 19.4 Å². The van der Waals surface area contributed by atoms with Gasteiger partial charge in [0.2, 0.25) is 0 Å². The van der Waals surface area contributed by atoms with Crippen molar-refractivity contribution < 1.29 is 0 Å². The van der Waals surface area contributed by atoms with E-state index in [0.29, 0.717) is 0 Å². The maximum absolute atomic E-state index is 6.52. The second kappa shape index (κ2) is 5.21. The topological polar surface area (TPSA) is 0 Å². The number of halogens is 3. The van der Waals surface area contributed by atoms with Crippen molar-refractivity contribution in [3.63, 3.8) is 0 Å². The summed E-state index contributed by atoms with van der Waals surface area (Å²) in [4.78, 5) is 1.16. The largest absolute Gasteiger partial charge is 0.146 e. The van der Waals surface area contributed by atoms with Crippen molar-refractivity contribution in [1.82, 2.24) is 0 Å². The Hall–Kier alpha value is 0.170. The molecule has 0 saturated heterocycles. The van der Waals surface area contributed by atoms with E-state index in [-0.39, 0.29) is 5.38 Å². The average Bonchev–Trinajstić information content (AvgIpc) is 2.68. The molecule has 84 valence electrons. The Kier molecular flexibility index (Phi) is 4.11. The Morgan fingerprint density at radius 1 is 1.19 bits per heavy atom. The smallest absolute Gasteiger partial charge is 0.0942 e.